The third-order valence-electron chi connectivity index (χ3n) is 3.64. The van der Waals surface area contributed by atoms with Gasteiger partial charge in [-0.2, -0.15) is 0 Å². The molecule has 1 fully saturated rings. The van der Waals surface area contributed by atoms with Crippen LogP contribution in [-0.2, 0) is 0 Å². The fourth-order valence-electron chi connectivity index (χ4n) is 2.87. The Bertz CT molecular complexity index is 369. The topological polar surface area (TPSA) is 24.9 Å². The second-order valence-corrected chi connectivity index (χ2v) is 4.50. The van der Waals surface area contributed by atoms with Crippen LogP contribution in [0.2, 0.25) is 0 Å². The van der Waals surface area contributed by atoms with Gasteiger partial charge in [0.2, 0.25) is 0 Å². The van der Waals surface area contributed by atoms with Gasteiger partial charge in [0.05, 0.1) is 0 Å². The lowest BCUT2D eigenvalue weighted by molar-refractivity contribution is 0.454. The summed E-state index contributed by atoms with van der Waals surface area (Å²) in [5, 5.41) is 3.50. The van der Waals surface area contributed by atoms with Crippen molar-refractivity contribution in [2.24, 2.45) is 11.8 Å². The first-order valence-corrected chi connectivity index (χ1v) is 5.76. The van der Waals surface area contributed by atoms with Crippen molar-refractivity contribution in [2.75, 3.05) is 13.1 Å². The van der Waals surface area contributed by atoms with Crippen molar-refractivity contribution in [2.45, 2.75) is 12.8 Å². The molecule has 2 heterocycles. The van der Waals surface area contributed by atoms with Gasteiger partial charge in [-0.05, 0) is 42.5 Å². The summed E-state index contributed by atoms with van der Waals surface area (Å²) in [5.41, 5.74) is 2.83. The SMILES string of the molecule is C1=C(c2cccnc2)[C@H]2CNC[C@H]2CC1. The largest absolute Gasteiger partial charge is 0.316 e. The zero-order valence-electron chi connectivity index (χ0n) is 8.82. The molecule has 1 N–H and O–H groups in total. The number of nitrogens with one attached hydrogen (secondary N) is 1. The van der Waals surface area contributed by atoms with Crippen molar-refractivity contribution in [1.29, 1.82) is 0 Å². The average Bonchev–Trinajstić information content (AvgIpc) is 2.78. The van der Waals surface area contributed by atoms with E-state index in [9.17, 15) is 0 Å². The van der Waals surface area contributed by atoms with Crippen molar-refractivity contribution in [3.05, 3.63) is 36.2 Å². The highest BCUT2D eigenvalue weighted by atomic mass is 14.9. The lowest BCUT2D eigenvalue weighted by Crippen LogP contribution is -2.17. The predicted octanol–water partition coefficient (Wildman–Crippen LogP) is 2.09. The van der Waals surface area contributed by atoms with E-state index in [-0.39, 0.29) is 0 Å². The van der Waals surface area contributed by atoms with E-state index in [0.29, 0.717) is 0 Å². The number of fused-ring (bicyclic) bond motifs is 1. The fraction of sp³-hybridized carbons (Fsp3) is 0.462. The molecule has 2 heteroatoms. The lowest BCUT2D eigenvalue weighted by atomic mass is 9.78. The van der Waals surface area contributed by atoms with E-state index in [0.717, 1.165) is 18.4 Å². The molecule has 0 radical (unpaired) electrons. The Morgan fingerprint density at radius 1 is 1.33 bits per heavy atom. The summed E-state index contributed by atoms with van der Waals surface area (Å²) in [7, 11) is 0. The highest BCUT2D eigenvalue weighted by Crippen LogP contribution is 2.38. The molecule has 1 saturated heterocycles. The molecule has 0 spiro atoms. The quantitative estimate of drug-likeness (QED) is 0.751. The number of allylic oxidation sites excluding steroid dienone is 1. The predicted molar refractivity (Wildman–Crippen MR) is 61.3 cm³/mol. The Kier molecular flexibility index (Phi) is 2.29. The third kappa shape index (κ3) is 1.59. The molecule has 0 aromatic carbocycles. The second kappa shape index (κ2) is 3.78. The van der Waals surface area contributed by atoms with E-state index in [1.807, 2.05) is 18.5 Å². The maximum atomic E-state index is 4.21. The minimum atomic E-state index is 0.725. The average molecular weight is 200 g/mol. The van der Waals surface area contributed by atoms with E-state index in [1.54, 1.807) is 0 Å². The van der Waals surface area contributed by atoms with Gasteiger partial charge in [-0.3, -0.25) is 4.98 Å². The Hall–Kier alpha value is -1.15. The Morgan fingerprint density at radius 2 is 2.33 bits per heavy atom. The zero-order valence-corrected chi connectivity index (χ0v) is 8.82. The third-order valence-corrected chi connectivity index (χ3v) is 3.64. The molecular formula is C13H16N2. The summed E-state index contributed by atoms with van der Waals surface area (Å²) in [4.78, 5) is 4.21. The van der Waals surface area contributed by atoms with Crippen molar-refractivity contribution in [3.8, 4) is 0 Å². The van der Waals surface area contributed by atoms with Crippen LogP contribution in [0.5, 0.6) is 0 Å². The van der Waals surface area contributed by atoms with Crippen molar-refractivity contribution in [3.63, 3.8) is 0 Å². The highest BCUT2D eigenvalue weighted by Gasteiger charge is 2.32. The van der Waals surface area contributed by atoms with E-state index < -0.39 is 0 Å². The molecule has 0 saturated carbocycles. The number of rotatable bonds is 1. The molecule has 78 valence electrons. The molecule has 2 atom stereocenters. The molecular weight excluding hydrogens is 184 g/mol. The zero-order chi connectivity index (χ0) is 10.1. The van der Waals surface area contributed by atoms with Gasteiger partial charge in [0.25, 0.3) is 0 Å². The first-order valence-electron chi connectivity index (χ1n) is 5.76. The van der Waals surface area contributed by atoms with Gasteiger partial charge in [0, 0.05) is 24.9 Å². The number of aromatic nitrogens is 1. The molecule has 2 aliphatic rings. The summed E-state index contributed by atoms with van der Waals surface area (Å²) in [6.07, 6.45) is 8.82. The minimum absolute atomic E-state index is 0.725. The Balaban J connectivity index is 1.95. The molecule has 15 heavy (non-hydrogen) atoms. The summed E-state index contributed by atoms with van der Waals surface area (Å²) >= 11 is 0. The van der Waals surface area contributed by atoms with Crippen molar-refractivity contribution < 1.29 is 0 Å². The monoisotopic (exact) mass is 200 g/mol. The van der Waals surface area contributed by atoms with Crippen LogP contribution in [-0.4, -0.2) is 18.1 Å². The number of hydrogen-bond donors (Lipinski definition) is 1. The Labute approximate surface area is 90.4 Å². The summed E-state index contributed by atoms with van der Waals surface area (Å²) < 4.78 is 0. The minimum Gasteiger partial charge on any atom is -0.316 e. The van der Waals surface area contributed by atoms with E-state index in [4.69, 9.17) is 0 Å². The summed E-state index contributed by atoms with van der Waals surface area (Å²) in [5.74, 6) is 1.58. The molecule has 3 rings (SSSR count). The van der Waals surface area contributed by atoms with Crippen LogP contribution in [0.1, 0.15) is 18.4 Å². The van der Waals surface area contributed by atoms with Crippen LogP contribution >= 0.6 is 0 Å². The lowest BCUT2D eigenvalue weighted by Gasteiger charge is -2.26. The van der Waals surface area contributed by atoms with Gasteiger partial charge in [-0.15, -0.1) is 0 Å². The molecule has 0 unspecified atom stereocenters. The molecule has 2 nitrogen and oxygen atoms in total. The number of pyridine rings is 1. The van der Waals surface area contributed by atoms with E-state index in [2.05, 4.69) is 22.4 Å². The van der Waals surface area contributed by atoms with E-state index in [1.165, 1.54) is 30.5 Å². The molecule has 1 aliphatic carbocycles. The van der Waals surface area contributed by atoms with Crippen LogP contribution in [0.25, 0.3) is 5.57 Å². The van der Waals surface area contributed by atoms with Crippen LogP contribution < -0.4 is 5.32 Å². The molecule has 1 aliphatic heterocycles. The normalized spacial score (nSPS) is 29.7. The maximum Gasteiger partial charge on any atom is 0.0343 e. The number of hydrogen-bond acceptors (Lipinski definition) is 2. The molecule has 1 aromatic rings. The van der Waals surface area contributed by atoms with Gasteiger partial charge < -0.3 is 5.32 Å². The van der Waals surface area contributed by atoms with Gasteiger partial charge in [-0.1, -0.05) is 12.1 Å². The molecule has 0 bridgehead atoms. The highest BCUT2D eigenvalue weighted by molar-refractivity contribution is 5.68. The van der Waals surface area contributed by atoms with Gasteiger partial charge in [0.15, 0.2) is 0 Å². The van der Waals surface area contributed by atoms with Crippen molar-refractivity contribution >= 4 is 5.57 Å². The van der Waals surface area contributed by atoms with Gasteiger partial charge in [0.1, 0.15) is 0 Å². The van der Waals surface area contributed by atoms with Crippen LogP contribution in [0.15, 0.2) is 30.6 Å². The standard InChI is InChI=1S/C13H16N2/c1-3-11-8-15-9-13(11)12(5-1)10-4-2-6-14-7-10/h2,4-7,11,13,15H,1,3,8-9H2/t11-,13+/m1/s1. The van der Waals surface area contributed by atoms with Crippen LogP contribution in [0, 0.1) is 11.8 Å². The summed E-state index contributed by atoms with van der Waals surface area (Å²) in [6, 6.07) is 4.21. The first-order chi connectivity index (χ1) is 7.45. The first kappa shape index (κ1) is 9.10. The number of nitrogens with zero attached hydrogens (tertiary/aromatic N) is 1. The molecule has 1 aromatic heterocycles. The van der Waals surface area contributed by atoms with Crippen molar-refractivity contribution in [1.82, 2.24) is 10.3 Å². The van der Waals surface area contributed by atoms with Crippen LogP contribution in [0.4, 0.5) is 0 Å². The van der Waals surface area contributed by atoms with Crippen LogP contribution in [0.3, 0.4) is 0 Å². The fourth-order valence-corrected chi connectivity index (χ4v) is 2.87. The van der Waals surface area contributed by atoms with Gasteiger partial charge >= 0.3 is 0 Å². The second-order valence-electron chi connectivity index (χ2n) is 4.50. The van der Waals surface area contributed by atoms with E-state index >= 15 is 0 Å². The molecule has 0 amide bonds. The maximum absolute atomic E-state index is 4.21. The Morgan fingerprint density at radius 3 is 3.20 bits per heavy atom. The van der Waals surface area contributed by atoms with Gasteiger partial charge in [-0.25, -0.2) is 0 Å². The summed E-state index contributed by atoms with van der Waals surface area (Å²) in [6.45, 7) is 2.34. The smallest absolute Gasteiger partial charge is 0.0343 e.